The Hall–Kier alpha value is -2.44. The van der Waals surface area contributed by atoms with E-state index in [4.69, 9.17) is 10.5 Å². The lowest BCUT2D eigenvalue weighted by Gasteiger charge is -2.08. The Balaban J connectivity index is 2.13. The van der Waals surface area contributed by atoms with Crippen molar-refractivity contribution in [3.05, 3.63) is 46.8 Å². The number of aryl methyl sites for hydroxylation is 2. The first-order valence-electron chi connectivity index (χ1n) is 6.37. The van der Waals surface area contributed by atoms with Crippen molar-refractivity contribution in [3.63, 3.8) is 0 Å². The first-order valence-corrected chi connectivity index (χ1v) is 6.37. The van der Waals surface area contributed by atoms with Gasteiger partial charge in [0.2, 0.25) is 0 Å². The highest BCUT2D eigenvalue weighted by atomic mass is 19.1. The van der Waals surface area contributed by atoms with Crippen LogP contribution in [0.2, 0.25) is 0 Å². The maximum Gasteiger partial charge on any atom is 0.341 e. The summed E-state index contributed by atoms with van der Waals surface area (Å²) in [6, 6.07) is 3.26. The SMILES string of the molecule is CCn1nc(C)cc1COC(=O)c1cc(N)c(F)cc1F. The summed E-state index contributed by atoms with van der Waals surface area (Å²) in [4.78, 5) is 11.8. The van der Waals surface area contributed by atoms with Gasteiger partial charge in [-0.3, -0.25) is 4.68 Å². The number of hydrogen-bond acceptors (Lipinski definition) is 4. The molecule has 0 aliphatic rings. The van der Waals surface area contributed by atoms with Crippen LogP contribution in [0.5, 0.6) is 0 Å². The average Bonchev–Trinajstić information content (AvgIpc) is 2.80. The van der Waals surface area contributed by atoms with Crippen molar-refractivity contribution in [1.29, 1.82) is 0 Å². The number of ether oxygens (including phenoxy) is 1. The number of aromatic nitrogens is 2. The van der Waals surface area contributed by atoms with Gasteiger partial charge >= 0.3 is 5.97 Å². The molecule has 5 nitrogen and oxygen atoms in total. The third-order valence-electron chi connectivity index (χ3n) is 2.94. The van der Waals surface area contributed by atoms with Gasteiger partial charge in [0.25, 0.3) is 0 Å². The molecule has 1 aromatic carbocycles. The second kappa shape index (κ2) is 5.90. The quantitative estimate of drug-likeness (QED) is 0.694. The predicted molar refractivity (Wildman–Crippen MR) is 72.5 cm³/mol. The number of nitrogens with zero attached hydrogens (tertiary/aromatic N) is 2. The fourth-order valence-corrected chi connectivity index (χ4v) is 1.93. The Morgan fingerprint density at radius 1 is 1.33 bits per heavy atom. The molecule has 0 amide bonds. The molecule has 0 saturated heterocycles. The van der Waals surface area contributed by atoms with Crippen LogP contribution < -0.4 is 5.73 Å². The van der Waals surface area contributed by atoms with Crippen LogP contribution in [0, 0.1) is 18.6 Å². The number of anilines is 1. The minimum Gasteiger partial charge on any atom is -0.456 e. The van der Waals surface area contributed by atoms with Crippen molar-refractivity contribution in [2.45, 2.75) is 27.0 Å². The smallest absolute Gasteiger partial charge is 0.341 e. The van der Waals surface area contributed by atoms with Crippen molar-refractivity contribution in [3.8, 4) is 0 Å². The minimum atomic E-state index is -1.01. The fraction of sp³-hybridized carbons (Fsp3) is 0.286. The van der Waals surface area contributed by atoms with Gasteiger partial charge in [-0.1, -0.05) is 0 Å². The van der Waals surface area contributed by atoms with Crippen LogP contribution in [-0.2, 0) is 17.9 Å². The van der Waals surface area contributed by atoms with Gasteiger partial charge in [-0.2, -0.15) is 5.10 Å². The number of hydrogen-bond donors (Lipinski definition) is 1. The molecular weight excluding hydrogens is 280 g/mol. The van der Waals surface area contributed by atoms with Gasteiger partial charge in [-0.15, -0.1) is 0 Å². The molecule has 112 valence electrons. The number of carbonyl (C=O) groups excluding carboxylic acids is 1. The lowest BCUT2D eigenvalue weighted by Crippen LogP contribution is -2.11. The zero-order valence-electron chi connectivity index (χ0n) is 11.7. The van der Waals surface area contributed by atoms with Gasteiger partial charge in [0.15, 0.2) is 0 Å². The maximum absolute atomic E-state index is 13.5. The average molecular weight is 295 g/mol. The van der Waals surface area contributed by atoms with Gasteiger partial charge in [-0.05, 0) is 26.0 Å². The van der Waals surface area contributed by atoms with Gasteiger partial charge in [-0.25, -0.2) is 13.6 Å². The molecule has 21 heavy (non-hydrogen) atoms. The predicted octanol–water partition coefficient (Wildman–Crippen LogP) is 2.43. The highest BCUT2D eigenvalue weighted by Crippen LogP contribution is 2.18. The molecule has 0 spiro atoms. The summed E-state index contributed by atoms with van der Waals surface area (Å²) in [7, 11) is 0. The molecule has 0 bridgehead atoms. The maximum atomic E-state index is 13.5. The van der Waals surface area contributed by atoms with Crippen molar-refractivity contribution in [2.75, 3.05) is 5.73 Å². The molecule has 0 aliphatic heterocycles. The Bertz CT molecular complexity index is 683. The van der Waals surface area contributed by atoms with Crippen LogP contribution in [0.25, 0.3) is 0 Å². The zero-order valence-corrected chi connectivity index (χ0v) is 11.7. The molecule has 7 heteroatoms. The van der Waals surface area contributed by atoms with E-state index in [1.165, 1.54) is 0 Å². The number of rotatable bonds is 4. The summed E-state index contributed by atoms with van der Waals surface area (Å²) >= 11 is 0. The molecule has 1 aromatic heterocycles. The van der Waals surface area contributed by atoms with Crippen molar-refractivity contribution in [1.82, 2.24) is 9.78 Å². The highest BCUT2D eigenvalue weighted by Gasteiger charge is 2.17. The molecular formula is C14H15F2N3O2. The van der Waals surface area contributed by atoms with E-state index in [-0.39, 0.29) is 12.3 Å². The van der Waals surface area contributed by atoms with Crippen molar-refractivity contribution < 1.29 is 18.3 Å². The molecule has 0 atom stereocenters. The molecule has 0 unspecified atom stereocenters. The second-order valence-electron chi connectivity index (χ2n) is 4.52. The third-order valence-corrected chi connectivity index (χ3v) is 2.94. The van der Waals surface area contributed by atoms with Gasteiger partial charge in [0.1, 0.15) is 18.2 Å². The van der Waals surface area contributed by atoms with Crippen molar-refractivity contribution in [2.24, 2.45) is 0 Å². The Morgan fingerprint density at radius 3 is 2.71 bits per heavy atom. The number of nitrogens with two attached hydrogens (primary N) is 1. The first kappa shape index (κ1) is 15.0. The van der Waals surface area contributed by atoms with Crippen LogP contribution in [-0.4, -0.2) is 15.7 Å². The molecule has 0 radical (unpaired) electrons. The number of halogens is 2. The summed E-state index contributed by atoms with van der Waals surface area (Å²) in [6.07, 6.45) is 0. The number of nitrogen functional groups attached to an aromatic ring is 1. The molecule has 2 aromatic rings. The number of carbonyl (C=O) groups is 1. The van der Waals surface area contributed by atoms with E-state index in [2.05, 4.69) is 5.10 Å². The molecule has 0 fully saturated rings. The van der Waals surface area contributed by atoms with Gasteiger partial charge < -0.3 is 10.5 Å². The number of benzene rings is 1. The van der Waals surface area contributed by atoms with E-state index in [1.807, 2.05) is 13.8 Å². The van der Waals surface area contributed by atoms with Crippen molar-refractivity contribution >= 4 is 11.7 Å². The highest BCUT2D eigenvalue weighted by molar-refractivity contribution is 5.90. The lowest BCUT2D eigenvalue weighted by molar-refractivity contribution is 0.0457. The van der Waals surface area contributed by atoms with Crippen LogP contribution in [0.3, 0.4) is 0 Å². The molecule has 0 saturated carbocycles. The van der Waals surface area contributed by atoms with Gasteiger partial charge in [0.05, 0.1) is 22.6 Å². The normalized spacial score (nSPS) is 10.7. The lowest BCUT2D eigenvalue weighted by atomic mass is 10.2. The summed E-state index contributed by atoms with van der Waals surface area (Å²) in [6.45, 7) is 4.29. The Labute approximate surface area is 120 Å². The summed E-state index contributed by atoms with van der Waals surface area (Å²) < 4.78 is 33.3. The van der Waals surface area contributed by atoms with E-state index in [1.54, 1.807) is 10.7 Å². The van der Waals surface area contributed by atoms with Crippen LogP contribution >= 0.6 is 0 Å². The standard InChI is InChI=1S/C14H15F2N3O2/c1-3-19-9(4-8(2)18-19)7-21-14(20)10-5-13(17)12(16)6-11(10)15/h4-6H,3,7,17H2,1-2H3. The Morgan fingerprint density at radius 2 is 2.05 bits per heavy atom. The zero-order chi connectivity index (χ0) is 15.6. The second-order valence-corrected chi connectivity index (χ2v) is 4.52. The van der Waals surface area contributed by atoms with Crippen LogP contribution in [0.1, 0.15) is 28.7 Å². The van der Waals surface area contributed by atoms with Crippen LogP contribution in [0.4, 0.5) is 14.5 Å². The topological polar surface area (TPSA) is 70.1 Å². The fourth-order valence-electron chi connectivity index (χ4n) is 1.93. The number of esters is 1. The minimum absolute atomic E-state index is 0.0514. The van der Waals surface area contributed by atoms with Gasteiger partial charge in [0, 0.05) is 12.6 Å². The first-order chi connectivity index (χ1) is 9.92. The van der Waals surface area contributed by atoms with E-state index in [9.17, 15) is 13.6 Å². The molecule has 2 rings (SSSR count). The van der Waals surface area contributed by atoms with E-state index >= 15 is 0 Å². The third kappa shape index (κ3) is 3.18. The summed E-state index contributed by atoms with van der Waals surface area (Å²) in [5.74, 6) is -2.82. The molecule has 0 aliphatic carbocycles. The summed E-state index contributed by atoms with van der Waals surface area (Å²) in [5.41, 5.74) is 6.10. The monoisotopic (exact) mass is 295 g/mol. The Kier molecular flexibility index (Phi) is 4.21. The molecule has 1 heterocycles. The van der Waals surface area contributed by atoms with E-state index in [0.29, 0.717) is 18.3 Å². The summed E-state index contributed by atoms with van der Waals surface area (Å²) in [5, 5.41) is 4.20. The molecule has 2 N–H and O–H groups in total. The van der Waals surface area contributed by atoms with E-state index < -0.39 is 23.2 Å². The van der Waals surface area contributed by atoms with E-state index in [0.717, 1.165) is 11.8 Å². The largest absolute Gasteiger partial charge is 0.456 e. The van der Waals surface area contributed by atoms with Crippen LogP contribution in [0.15, 0.2) is 18.2 Å².